The van der Waals surface area contributed by atoms with Crippen molar-refractivity contribution in [3.63, 3.8) is 0 Å². The SMILES string of the molecule is COc1cccc(Cn2c(SCc3nc(-c4ccccc4C)no3)nc3ccccc3c2=O)c1. The largest absolute Gasteiger partial charge is 0.497 e. The highest BCUT2D eigenvalue weighted by molar-refractivity contribution is 7.98. The zero-order valence-corrected chi connectivity index (χ0v) is 19.6. The number of aryl methyl sites for hydroxylation is 1. The van der Waals surface area contributed by atoms with Crippen LogP contribution in [-0.4, -0.2) is 26.8 Å². The third-order valence-electron chi connectivity index (χ3n) is 5.48. The number of fused-ring (bicyclic) bond motifs is 1. The van der Waals surface area contributed by atoms with Gasteiger partial charge in [0.15, 0.2) is 5.16 Å². The van der Waals surface area contributed by atoms with Crippen LogP contribution in [0.4, 0.5) is 0 Å². The molecule has 2 aromatic heterocycles. The summed E-state index contributed by atoms with van der Waals surface area (Å²) in [5, 5.41) is 5.30. The molecule has 170 valence electrons. The van der Waals surface area contributed by atoms with Crippen LogP contribution in [-0.2, 0) is 12.3 Å². The van der Waals surface area contributed by atoms with Crippen molar-refractivity contribution in [2.24, 2.45) is 0 Å². The predicted octanol–water partition coefficient (Wildman–Crippen LogP) is 5.10. The fourth-order valence-electron chi connectivity index (χ4n) is 3.72. The average molecular weight is 471 g/mol. The fourth-order valence-corrected chi connectivity index (χ4v) is 4.56. The maximum Gasteiger partial charge on any atom is 0.262 e. The Labute approximate surface area is 200 Å². The van der Waals surface area contributed by atoms with E-state index in [1.807, 2.05) is 73.7 Å². The number of rotatable bonds is 7. The lowest BCUT2D eigenvalue weighted by Gasteiger charge is -2.13. The van der Waals surface area contributed by atoms with Gasteiger partial charge in [0, 0.05) is 5.56 Å². The van der Waals surface area contributed by atoms with Gasteiger partial charge in [0.05, 0.1) is 30.3 Å². The van der Waals surface area contributed by atoms with Gasteiger partial charge in [0.1, 0.15) is 5.75 Å². The number of nitrogens with zero attached hydrogens (tertiary/aromatic N) is 4. The highest BCUT2D eigenvalue weighted by Crippen LogP contribution is 2.25. The summed E-state index contributed by atoms with van der Waals surface area (Å²) in [5.41, 5.74) is 3.51. The lowest BCUT2D eigenvalue weighted by molar-refractivity contribution is 0.391. The molecule has 34 heavy (non-hydrogen) atoms. The predicted molar refractivity (Wildman–Crippen MR) is 132 cm³/mol. The lowest BCUT2D eigenvalue weighted by atomic mass is 10.1. The number of methoxy groups -OCH3 is 1. The van der Waals surface area contributed by atoms with E-state index in [-0.39, 0.29) is 5.56 Å². The van der Waals surface area contributed by atoms with E-state index in [4.69, 9.17) is 14.2 Å². The molecule has 0 aliphatic rings. The second kappa shape index (κ2) is 9.52. The molecule has 0 atom stereocenters. The van der Waals surface area contributed by atoms with E-state index in [0.717, 1.165) is 22.4 Å². The molecule has 0 N–H and O–H groups in total. The van der Waals surface area contributed by atoms with Gasteiger partial charge >= 0.3 is 0 Å². The average Bonchev–Trinajstić information content (AvgIpc) is 3.34. The lowest BCUT2D eigenvalue weighted by Crippen LogP contribution is -2.24. The summed E-state index contributed by atoms with van der Waals surface area (Å²) in [6.45, 7) is 2.38. The summed E-state index contributed by atoms with van der Waals surface area (Å²) < 4.78 is 12.5. The molecule has 8 heteroatoms. The zero-order valence-electron chi connectivity index (χ0n) is 18.8. The van der Waals surface area contributed by atoms with E-state index in [9.17, 15) is 4.79 Å². The van der Waals surface area contributed by atoms with Gasteiger partial charge in [-0.1, -0.05) is 65.4 Å². The smallest absolute Gasteiger partial charge is 0.262 e. The summed E-state index contributed by atoms with van der Waals surface area (Å²) >= 11 is 1.40. The van der Waals surface area contributed by atoms with E-state index in [1.165, 1.54) is 11.8 Å². The first kappa shape index (κ1) is 21.9. The second-order valence-electron chi connectivity index (χ2n) is 7.77. The number of para-hydroxylation sites is 1. The Morgan fingerprint density at radius 2 is 1.82 bits per heavy atom. The van der Waals surface area contributed by atoms with Crippen molar-refractivity contribution in [1.82, 2.24) is 19.7 Å². The van der Waals surface area contributed by atoms with Crippen LogP contribution >= 0.6 is 11.8 Å². The van der Waals surface area contributed by atoms with Crippen LogP contribution in [0.5, 0.6) is 5.75 Å². The number of ether oxygens (including phenoxy) is 1. The van der Waals surface area contributed by atoms with E-state index in [2.05, 4.69) is 10.1 Å². The van der Waals surface area contributed by atoms with Crippen LogP contribution in [0.1, 0.15) is 17.0 Å². The van der Waals surface area contributed by atoms with Gasteiger partial charge in [0.2, 0.25) is 11.7 Å². The number of aromatic nitrogens is 4. The Kier molecular flexibility index (Phi) is 6.14. The molecule has 0 unspecified atom stereocenters. The first-order chi connectivity index (χ1) is 16.6. The van der Waals surface area contributed by atoms with Crippen molar-refractivity contribution in [2.45, 2.75) is 24.4 Å². The Morgan fingerprint density at radius 3 is 2.68 bits per heavy atom. The summed E-state index contributed by atoms with van der Waals surface area (Å²) in [7, 11) is 1.62. The van der Waals surface area contributed by atoms with Crippen molar-refractivity contribution in [3.05, 3.63) is 100 Å². The van der Waals surface area contributed by atoms with Gasteiger partial charge < -0.3 is 9.26 Å². The molecule has 2 heterocycles. The van der Waals surface area contributed by atoms with Gasteiger partial charge in [-0.05, 0) is 42.3 Å². The molecule has 0 saturated carbocycles. The maximum atomic E-state index is 13.4. The molecule has 0 radical (unpaired) electrons. The normalized spacial score (nSPS) is 11.1. The molecule has 0 bridgehead atoms. The Bertz CT molecular complexity index is 1530. The van der Waals surface area contributed by atoms with E-state index >= 15 is 0 Å². The molecule has 0 spiro atoms. The van der Waals surface area contributed by atoms with Gasteiger partial charge in [-0.15, -0.1) is 0 Å². The van der Waals surface area contributed by atoms with Crippen LogP contribution in [0.25, 0.3) is 22.3 Å². The summed E-state index contributed by atoms with van der Waals surface area (Å²) in [6, 6.07) is 22.9. The van der Waals surface area contributed by atoms with Crippen molar-refractivity contribution in [3.8, 4) is 17.1 Å². The number of benzene rings is 3. The highest BCUT2D eigenvalue weighted by atomic mass is 32.2. The summed E-state index contributed by atoms with van der Waals surface area (Å²) in [4.78, 5) is 22.7. The van der Waals surface area contributed by atoms with Gasteiger partial charge in [-0.25, -0.2) is 4.98 Å². The molecule has 5 aromatic rings. The van der Waals surface area contributed by atoms with Crippen molar-refractivity contribution < 1.29 is 9.26 Å². The molecule has 0 fully saturated rings. The Hall–Kier alpha value is -3.91. The second-order valence-corrected chi connectivity index (χ2v) is 8.71. The van der Waals surface area contributed by atoms with Crippen molar-refractivity contribution in [2.75, 3.05) is 7.11 Å². The van der Waals surface area contributed by atoms with Gasteiger partial charge in [-0.2, -0.15) is 4.98 Å². The summed E-state index contributed by atoms with van der Waals surface area (Å²) in [5.74, 6) is 2.15. The quantitative estimate of drug-likeness (QED) is 0.242. The first-order valence-corrected chi connectivity index (χ1v) is 11.7. The van der Waals surface area contributed by atoms with Crippen molar-refractivity contribution in [1.29, 1.82) is 0 Å². The topological polar surface area (TPSA) is 83.0 Å². The molecule has 3 aromatic carbocycles. The molecule has 0 aliphatic heterocycles. The van der Waals surface area contributed by atoms with Crippen LogP contribution in [0, 0.1) is 6.92 Å². The molecule has 0 saturated heterocycles. The fraction of sp³-hybridized carbons (Fsp3) is 0.154. The molecule has 5 rings (SSSR count). The minimum absolute atomic E-state index is 0.0953. The van der Waals surface area contributed by atoms with Crippen LogP contribution < -0.4 is 10.3 Å². The zero-order chi connectivity index (χ0) is 23.5. The van der Waals surface area contributed by atoms with Crippen LogP contribution in [0.3, 0.4) is 0 Å². The van der Waals surface area contributed by atoms with E-state index in [0.29, 0.717) is 40.1 Å². The number of hydrogen-bond donors (Lipinski definition) is 0. The first-order valence-electron chi connectivity index (χ1n) is 10.8. The monoisotopic (exact) mass is 470 g/mol. The molecule has 0 aliphatic carbocycles. The molecule has 0 amide bonds. The Morgan fingerprint density at radius 1 is 1.00 bits per heavy atom. The van der Waals surface area contributed by atoms with E-state index < -0.39 is 0 Å². The standard InChI is InChI=1S/C26H22N4O3S/c1-17-8-3-4-11-20(17)24-28-23(33-29-24)16-34-26-27-22-13-6-5-12-21(22)25(31)30(26)15-18-9-7-10-19(14-18)32-2/h3-14H,15-16H2,1-2H3. The van der Waals surface area contributed by atoms with Crippen LogP contribution in [0.2, 0.25) is 0 Å². The molecular formula is C26H22N4O3S. The number of hydrogen-bond acceptors (Lipinski definition) is 7. The molecule has 7 nitrogen and oxygen atoms in total. The van der Waals surface area contributed by atoms with Gasteiger partial charge in [0.25, 0.3) is 5.56 Å². The molecular weight excluding hydrogens is 448 g/mol. The minimum atomic E-state index is -0.0953. The third-order valence-corrected chi connectivity index (χ3v) is 6.44. The minimum Gasteiger partial charge on any atom is -0.497 e. The van der Waals surface area contributed by atoms with Crippen LogP contribution in [0.15, 0.2) is 87.3 Å². The van der Waals surface area contributed by atoms with Crippen molar-refractivity contribution >= 4 is 22.7 Å². The maximum absolute atomic E-state index is 13.4. The Balaban J connectivity index is 1.47. The van der Waals surface area contributed by atoms with Gasteiger partial charge in [-0.3, -0.25) is 9.36 Å². The highest BCUT2D eigenvalue weighted by Gasteiger charge is 2.15. The number of thioether (sulfide) groups is 1. The summed E-state index contributed by atoms with van der Waals surface area (Å²) in [6.07, 6.45) is 0. The van der Waals surface area contributed by atoms with E-state index in [1.54, 1.807) is 17.7 Å². The third kappa shape index (κ3) is 4.45.